The summed E-state index contributed by atoms with van der Waals surface area (Å²) in [6, 6.07) is 16.8. The number of rotatable bonds is 0. The zero-order valence-electron chi connectivity index (χ0n) is 12.9. The lowest BCUT2D eigenvalue weighted by atomic mass is 10.1. The molecule has 0 aliphatic rings. The van der Waals surface area contributed by atoms with Crippen molar-refractivity contribution in [1.29, 1.82) is 0 Å². The van der Waals surface area contributed by atoms with Crippen molar-refractivity contribution >= 4 is 0 Å². The molecule has 2 aromatic rings. The van der Waals surface area contributed by atoms with Crippen LogP contribution in [-0.4, -0.2) is 0 Å². The Hall–Kier alpha value is -1.82. The molecule has 0 fully saturated rings. The maximum atomic E-state index is 3.36. The number of allylic oxidation sites excluding steroid dienone is 1. The first kappa shape index (κ1) is 17.2. The predicted molar refractivity (Wildman–Crippen MR) is 87.7 cm³/mol. The Balaban J connectivity index is 0.000000284. The minimum absolute atomic E-state index is 1.33. The van der Waals surface area contributed by atoms with Gasteiger partial charge in [0.05, 0.1) is 0 Å². The van der Waals surface area contributed by atoms with Crippen molar-refractivity contribution in [2.75, 3.05) is 0 Å². The fourth-order valence-electron chi connectivity index (χ4n) is 1.30. The second-order valence-corrected chi connectivity index (χ2v) is 4.65. The summed E-state index contributed by atoms with van der Waals surface area (Å²) in [6.45, 7) is 13.7. The molecule has 0 nitrogen and oxygen atoms in total. The summed E-state index contributed by atoms with van der Waals surface area (Å²) in [5, 5.41) is 0. The van der Waals surface area contributed by atoms with Crippen molar-refractivity contribution in [3.63, 3.8) is 0 Å². The second kappa shape index (κ2) is 10.1. The fraction of sp³-hybridized carbons (Fsp3) is 0.263. The van der Waals surface area contributed by atoms with Crippen LogP contribution >= 0.6 is 0 Å². The summed E-state index contributed by atoms with van der Waals surface area (Å²) in [7, 11) is 0. The highest BCUT2D eigenvalue weighted by atomic mass is 13.9. The van der Waals surface area contributed by atoms with E-state index in [4.69, 9.17) is 0 Å². The molecule has 0 heterocycles. The van der Waals surface area contributed by atoms with Crippen LogP contribution in [0.2, 0.25) is 0 Å². The maximum absolute atomic E-state index is 3.36. The van der Waals surface area contributed by atoms with Crippen molar-refractivity contribution < 1.29 is 0 Å². The van der Waals surface area contributed by atoms with E-state index in [1.165, 1.54) is 22.3 Å². The maximum Gasteiger partial charge on any atom is -0.0395 e. The van der Waals surface area contributed by atoms with Crippen molar-refractivity contribution in [1.82, 2.24) is 0 Å². The summed E-state index contributed by atoms with van der Waals surface area (Å²) in [5.74, 6) is 0. The standard InChI is InChI=1S/2C8H10.C3H6/c1-7-3-5-8(2)6-4-7;1-7-5-3-4-6-8(7)2;1-3-2/h2*3-6H,1-2H3;3H,1H2,2H3. The summed E-state index contributed by atoms with van der Waals surface area (Å²) in [6.07, 6.45) is 1.75. The average molecular weight is 254 g/mol. The highest BCUT2D eigenvalue weighted by Crippen LogP contribution is 2.02. The van der Waals surface area contributed by atoms with E-state index in [0.717, 1.165) is 0 Å². The first-order chi connectivity index (χ1) is 9.01. The molecular formula is C19H26. The number of aryl methyl sites for hydroxylation is 4. The highest BCUT2D eigenvalue weighted by molar-refractivity contribution is 5.23. The van der Waals surface area contributed by atoms with Crippen LogP contribution in [0.1, 0.15) is 29.2 Å². The SMILES string of the molecule is C=CC.Cc1ccc(C)cc1.Cc1ccccc1C. The third kappa shape index (κ3) is 8.84. The largest absolute Gasteiger partial charge is 0.103 e. The molecule has 0 aromatic heterocycles. The van der Waals surface area contributed by atoms with Crippen molar-refractivity contribution in [2.45, 2.75) is 34.6 Å². The van der Waals surface area contributed by atoms with E-state index in [-0.39, 0.29) is 0 Å². The first-order valence-corrected chi connectivity index (χ1v) is 6.63. The van der Waals surface area contributed by atoms with Gasteiger partial charge in [0.15, 0.2) is 0 Å². The zero-order valence-corrected chi connectivity index (χ0v) is 12.9. The summed E-state index contributed by atoms with van der Waals surface area (Å²) < 4.78 is 0. The van der Waals surface area contributed by atoms with E-state index in [9.17, 15) is 0 Å². The molecule has 19 heavy (non-hydrogen) atoms. The van der Waals surface area contributed by atoms with Gasteiger partial charge in [-0.3, -0.25) is 0 Å². The molecule has 0 bridgehead atoms. The van der Waals surface area contributed by atoms with Gasteiger partial charge in [0.2, 0.25) is 0 Å². The van der Waals surface area contributed by atoms with Gasteiger partial charge in [-0.1, -0.05) is 65.7 Å². The average Bonchev–Trinajstić information content (AvgIpc) is 2.38. The molecule has 0 saturated carbocycles. The Morgan fingerprint density at radius 2 is 0.947 bits per heavy atom. The molecule has 0 spiro atoms. The minimum Gasteiger partial charge on any atom is -0.103 e. The molecule has 0 heteroatoms. The first-order valence-electron chi connectivity index (χ1n) is 6.63. The van der Waals surface area contributed by atoms with E-state index in [0.29, 0.717) is 0 Å². The molecule has 0 aliphatic carbocycles. The van der Waals surface area contributed by atoms with Crippen LogP contribution in [0.15, 0.2) is 61.2 Å². The summed E-state index contributed by atoms with van der Waals surface area (Å²) in [4.78, 5) is 0. The van der Waals surface area contributed by atoms with Gasteiger partial charge in [0.1, 0.15) is 0 Å². The van der Waals surface area contributed by atoms with Crippen LogP contribution in [0, 0.1) is 27.7 Å². The summed E-state index contributed by atoms with van der Waals surface area (Å²) in [5.41, 5.74) is 5.39. The minimum atomic E-state index is 1.33. The van der Waals surface area contributed by atoms with Crippen LogP contribution in [0.5, 0.6) is 0 Å². The predicted octanol–water partition coefficient (Wildman–Crippen LogP) is 5.80. The van der Waals surface area contributed by atoms with Crippen molar-refractivity contribution in [3.8, 4) is 0 Å². The van der Waals surface area contributed by atoms with Gasteiger partial charge in [0.25, 0.3) is 0 Å². The van der Waals surface area contributed by atoms with E-state index in [1.807, 2.05) is 6.92 Å². The quantitative estimate of drug-likeness (QED) is 0.521. The van der Waals surface area contributed by atoms with Gasteiger partial charge >= 0.3 is 0 Å². The Morgan fingerprint density at radius 3 is 1.16 bits per heavy atom. The van der Waals surface area contributed by atoms with E-state index >= 15 is 0 Å². The van der Waals surface area contributed by atoms with Gasteiger partial charge < -0.3 is 0 Å². The van der Waals surface area contributed by atoms with Gasteiger partial charge in [-0.25, -0.2) is 0 Å². The lowest BCUT2D eigenvalue weighted by Gasteiger charge is -1.93. The molecule has 0 saturated heterocycles. The molecule has 0 amide bonds. The van der Waals surface area contributed by atoms with Crippen LogP contribution in [-0.2, 0) is 0 Å². The Bertz CT molecular complexity index is 422. The Labute approximate surface area is 118 Å². The van der Waals surface area contributed by atoms with Crippen molar-refractivity contribution in [3.05, 3.63) is 83.4 Å². The number of benzene rings is 2. The number of hydrogen-bond acceptors (Lipinski definition) is 0. The second-order valence-electron chi connectivity index (χ2n) is 4.65. The van der Waals surface area contributed by atoms with E-state index in [2.05, 4.69) is 82.8 Å². The molecule has 0 radical (unpaired) electrons. The van der Waals surface area contributed by atoms with Crippen LogP contribution in [0.25, 0.3) is 0 Å². The smallest absolute Gasteiger partial charge is 0.0395 e. The highest BCUT2D eigenvalue weighted by Gasteiger charge is 1.83. The van der Waals surface area contributed by atoms with Gasteiger partial charge in [-0.15, -0.1) is 6.58 Å². The third-order valence-corrected chi connectivity index (χ3v) is 2.64. The molecule has 0 aliphatic heterocycles. The molecule has 2 rings (SSSR count). The zero-order chi connectivity index (χ0) is 14.7. The van der Waals surface area contributed by atoms with Crippen LogP contribution < -0.4 is 0 Å². The Kier molecular flexibility index (Phi) is 9.16. The monoisotopic (exact) mass is 254 g/mol. The lowest BCUT2D eigenvalue weighted by molar-refractivity contribution is 1.34. The molecular weight excluding hydrogens is 228 g/mol. The van der Waals surface area contributed by atoms with Crippen molar-refractivity contribution in [2.24, 2.45) is 0 Å². The topological polar surface area (TPSA) is 0 Å². The summed E-state index contributed by atoms with van der Waals surface area (Å²) >= 11 is 0. The van der Waals surface area contributed by atoms with Crippen LogP contribution in [0.3, 0.4) is 0 Å². The molecule has 102 valence electrons. The third-order valence-electron chi connectivity index (χ3n) is 2.64. The van der Waals surface area contributed by atoms with Gasteiger partial charge in [0, 0.05) is 0 Å². The molecule has 0 atom stereocenters. The van der Waals surface area contributed by atoms with Gasteiger partial charge in [-0.2, -0.15) is 0 Å². The Morgan fingerprint density at radius 1 is 0.684 bits per heavy atom. The van der Waals surface area contributed by atoms with E-state index < -0.39 is 0 Å². The lowest BCUT2D eigenvalue weighted by Crippen LogP contribution is -1.74. The van der Waals surface area contributed by atoms with Crippen LogP contribution in [0.4, 0.5) is 0 Å². The van der Waals surface area contributed by atoms with Gasteiger partial charge in [-0.05, 0) is 45.7 Å². The van der Waals surface area contributed by atoms with E-state index in [1.54, 1.807) is 6.08 Å². The normalized spacial score (nSPS) is 8.47. The molecule has 0 unspecified atom stereocenters. The molecule has 2 aromatic carbocycles. The fourth-order valence-corrected chi connectivity index (χ4v) is 1.30. The number of hydrogen-bond donors (Lipinski definition) is 0. The molecule has 0 N–H and O–H groups in total.